The normalized spacial score (nSPS) is 26.7. The van der Waals surface area contributed by atoms with E-state index in [-0.39, 0.29) is 35.4 Å². The molecule has 0 saturated heterocycles. The van der Waals surface area contributed by atoms with Crippen LogP contribution in [0.5, 0.6) is 0 Å². The quantitative estimate of drug-likeness (QED) is 0.478. The van der Waals surface area contributed by atoms with Gasteiger partial charge in [0.25, 0.3) is 0 Å². The van der Waals surface area contributed by atoms with Crippen LogP contribution < -0.4 is 0 Å². The Morgan fingerprint density at radius 1 is 1.11 bits per heavy atom. The molecule has 0 aliphatic heterocycles. The Kier molecular flexibility index (Phi) is 6.55. The molecule has 5 rings (SSSR count). The second-order valence-electron chi connectivity index (χ2n) is 11.7. The molecular weight excluding hydrogens is 458 g/mol. The summed E-state index contributed by atoms with van der Waals surface area (Å²) in [6.07, 6.45) is 5.71. The summed E-state index contributed by atoms with van der Waals surface area (Å²) in [6, 6.07) is 10.5. The number of nitrogens with zero attached hydrogens (tertiary/aromatic N) is 3. The Hall–Kier alpha value is -2.90. The van der Waals surface area contributed by atoms with E-state index in [1.807, 2.05) is 43.9 Å². The standard InChI is InChI=1S/C28H37N3O5/c1-27(2,3)35-26(33)31(22-16-21(22)18-8-6-5-7-9-18)17-28(14-15-28)25-29-23(36-30-25)19-10-12-20(13-11-19)24(32)34-4/h5-9,19-22H,10-17H2,1-4H3/t19?,20?,21-,22-/m0/s1. The Balaban J connectivity index is 1.29. The summed E-state index contributed by atoms with van der Waals surface area (Å²) in [5.74, 6) is 1.65. The molecule has 0 spiro atoms. The number of benzene rings is 1. The van der Waals surface area contributed by atoms with E-state index < -0.39 is 5.60 Å². The molecule has 1 amide bonds. The Bertz CT molecular complexity index is 1080. The highest BCUT2D eigenvalue weighted by Gasteiger charge is 2.55. The summed E-state index contributed by atoms with van der Waals surface area (Å²) in [4.78, 5) is 31.9. The third kappa shape index (κ3) is 5.27. The van der Waals surface area contributed by atoms with E-state index in [4.69, 9.17) is 19.0 Å². The Morgan fingerprint density at radius 2 is 1.81 bits per heavy atom. The molecule has 194 valence electrons. The van der Waals surface area contributed by atoms with Crippen molar-refractivity contribution >= 4 is 12.1 Å². The molecule has 1 aromatic carbocycles. The highest BCUT2D eigenvalue weighted by Crippen LogP contribution is 2.52. The van der Waals surface area contributed by atoms with Crippen LogP contribution in [0.15, 0.2) is 34.9 Å². The van der Waals surface area contributed by atoms with Crippen LogP contribution in [0.4, 0.5) is 4.79 Å². The largest absolute Gasteiger partial charge is 0.469 e. The molecule has 1 aromatic heterocycles. The van der Waals surface area contributed by atoms with Gasteiger partial charge in [0, 0.05) is 24.4 Å². The van der Waals surface area contributed by atoms with Crippen LogP contribution in [0.2, 0.25) is 0 Å². The lowest BCUT2D eigenvalue weighted by molar-refractivity contribution is -0.146. The lowest BCUT2D eigenvalue weighted by Crippen LogP contribution is -2.43. The van der Waals surface area contributed by atoms with E-state index in [1.165, 1.54) is 12.7 Å². The van der Waals surface area contributed by atoms with Gasteiger partial charge in [0.1, 0.15) is 5.60 Å². The zero-order valence-corrected chi connectivity index (χ0v) is 21.7. The number of hydrogen-bond donors (Lipinski definition) is 0. The van der Waals surface area contributed by atoms with Crippen LogP contribution in [0.3, 0.4) is 0 Å². The molecule has 2 atom stereocenters. The van der Waals surface area contributed by atoms with E-state index in [9.17, 15) is 9.59 Å². The van der Waals surface area contributed by atoms with Gasteiger partial charge in [-0.05, 0) is 71.3 Å². The van der Waals surface area contributed by atoms with Crippen LogP contribution in [-0.4, -0.2) is 52.4 Å². The average Bonchev–Trinajstić information content (AvgIpc) is 3.78. The van der Waals surface area contributed by atoms with Crippen LogP contribution in [-0.2, 0) is 19.7 Å². The summed E-state index contributed by atoms with van der Waals surface area (Å²) in [6.45, 7) is 6.23. The predicted octanol–water partition coefficient (Wildman–Crippen LogP) is 5.34. The minimum Gasteiger partial charge on any atom is -0.469 e. The van der Waals surface area contributed by atoms with Gasteiger partial charge >= 0.3 is 12.1 Å². The van der Waals surface area contributed by atoms with E-state index >= 15 is 0 Å². The van der Waals surface area contributed by atoms with Crippen molar-refractivity contribution in [2.24, 2.45) is 5.92 Å². The zero-order valence-electron chi connectivity index (χ0n) is 21.7. The van der Waals surface area contributed by atoms with Crippen molar-refractivity contribution in [3.63, 3.8) is 0 Å². The minimum atomic E-state index is -0.564. The lowest BCUT2D eigenvalue weighted by Gasteiger charge is -2.30. The lowest BCUT2D eigenvalue weighted by atomic mass is 9.82. The van der Waals surface area contributed by atoms with Gasteiger partial charge in [0.15, 0.2) is 5.82 Å². The summed E-state index contributed by atoms with van der Waals surface area (Å²) >= 11 is 0. The van der Waals surface area contributed by atoms with Crippen LogP contribution >= 0.6 is 0 Å². The van der Waals surface area contributed by atoms with Crippen LogP contribution in [0.1, 0.15) is 94.8 Å². The van der Waals surface area contributed by atoms with E-state index in [0.29, 0.717) is 24.2 Å². The van der Waals surface area contributed by atoms with Gasteiger partial charge in [-0.15, -0.1) is 0 Å². The molecule has 0 bridgehead atoms. The molecule has 8 nitrogen and oxygen atoms in total. The minimum absolute atomic E-state index is 0.0399. The Labute approximate surface area is 212 Å². The summed E-state index contributed by atoms with van der Waals surface area (Å²) in [5.41, 5.74) is 0.405. The zero-order chi connectivity index (χ0) is 25.5. The number of rotatable bonds is 7. The molecule has 8 heteroatoms. The van der Waals surface area contributed by atoms with Gasteiger partial charge in [-0.1, -0.05) is 35.5 Å². The van der Waals surface area contributed by atoms with E-state index in [2.05, 4.69) is 17.3 Å². The third-order valence-corrected chi connectivity index (χ3v) is 7.87. The molecule has 3 saturated carbocycles. The van der Waals surface area contributed by atoms with Gasteiger partial charge in [-0.3, -0.25) is 4.79 Å². The monoisotopic (exact) mass is 495 g/mol. The van der Waals surface area contributed by atoms with Gasteiger partial charge in [-0.25, -0.2) is 4.79 Å². The van der Waals surface area contributed by atoms with E-state index in [0.717, 1.165) is 44.9 Å². The predicted molar refractivity (Wildman–Crippen MR) is 132 cm³/mol. The van der Waals surface area contributed by atoms with Gasteiger partial charge < -0.3 is 18.9 Å². The molecule has 1 heterocycles. The first-order valence-electron chi connectivity index (χ1n) is 13.2. The van der Waals surface area contributed by atoms with Gasteiger partial charge in [-0.2, -0.15) is 4.98 Å². The maximum Gasteiger partial charge on any atom is 0.410 e. The summed E-state index contributed by atoms with van der Waals surface area (Å²) in [7, 11) is 1.44. The molecule has 3 aliphatic carbocycles. The third-order valence-electron chi connectivity index (χ3n) is 7.87. The van der Waals surface area contributed by atoms with Gasteiger partial charge in [0.05, 0.1) is 18.4 Å². The summed E-state index contributed by atoms with van der Waals surface area (Å²) < 4.78 is 16.5. The Morgan fingerprint density at radius 3 is 2.42 bits per heavy atom. The first-order chi connectivity index (χ1) is 17.2. The molecule has 3 fully saturated rings. The molecule has 36 heavy (non-hydrogen) atoms. The fraction of sp³-hybridized carbons (Fsp3) is 0.643. The number of ether oxygens (including phenoxy) is 2. The van der Waals surface area contributed by atoms with Crippen molar-refractivity contribution in [3.05, 3.63) is 47.6 Å². The first kappa shape index (κ1) is 24.8. The summed E-state index contributed by atoms with van der Waals surface area (Å²) in [5, 5.41) is 4.38. The highest BCUT2D eigenvalue weighted by molar-refractivity contribution is 5.72. The molecule has 0 N–H and O–H groups in total. The topological polar surface area (TPSA) is 94.8 Å². The molecular formula is C28H37N3O5. The number of carbonyl (C=O) groups excluding carboxylic acids is 2. The van der Waals surface area contributed by atoms with Crippen molar-refractivity contribution < 1.29 is 23.6 Å². The van der Waals surface area contributed by atoms with Crippen molar-refractivity contribution in [3.8, 4) is 0 Å². The number of carbonyl (C=O) groups is 2. The first-order valence-corrected chi connectivity index (χ1v) is 13.2. The molecule has 2 aromatic rings. The van der Waals surface area contributed by atoms with Crippen LogP contribution in [0, 0.1) is 5.92 Å². The highest BCUT2D eigenvalue weighted by atomic mass is 16.6. The average molecular weight is 496 g/mol. The molecule has 0 radical (unpaired) electrons. The van der Waals surface area contributed by atoms with Crippen molar-refractivity contribution in [2.45, 2.75) is 94.6 Å². The van der Waals surface area contributed by atoms with Crippen molar-refractivity contribution in [1.29, 1.82) is 0 Å². The fourth-order valence-corrected chi connectivity index (χ4v) is 5.51. The SMILES string of the molecule is COC(=O)C1CCC(c2nc(C3(CN(C(=O)OC(C)(C)C)[C@H]4C[C@H]4c4ccccc4)CC3)no2)CC1. The number of hydrogen-bond acceptors (Lipinski definition) is 7. The number of esters is 1. The maximum atomic E-state index is 13.3. The number of methoxy groups -OCH3 is 1. The van der Waals surface area contributed by atoms with Crippen LogP contribution in [0.25, 0.3) is 0 Å². The van der Waals surface area contributed by atoms with E-state index in [1.54, 1.807) is 0 Å². The van der Waals surface area contributed by atoms with Gasteiger partial charge in [0.2, 0.25) is 5.89 Å². The van der Waals surface area contributed by atoms with Crippen molar-refractivity contribution in [2.75, 3.05) is 13.7 Å². The second kappa shape index (κ2) is 9.52. The molecule has 3 aliphatic rings. The second-order valence-corrected chi connectivity index (χ2v) is 11.7. The van der Waals surface area contributed by atoms with Crippen molar-refractivity contribution in [1.82, 2.24) is 15.0 Å². The number of aromatic nitrogens is 2. The molecule has 0 unspecified atom stereocenters. The fourth-order valence-electron chi connectivity index (χ4n) is 5.51. The number of amides is 1. The smallest absolute Gasteiger partial charge is 0.410 e. The maximum absolute atomic E-state index is 13.3.